The second-order valence-electron chi connectivity index (χ2n) is 5.60. The maximum atomic E-state index is 5.80. The third-order valence-electron chi connectivity index (χ3n) is 3.67. The minimum absolute atomic E-state index is 0.301. The number of hydrogen-bond acceptors (Lipinski definition) is 1. The van der Waals surface area contributed by atoms with E-state index < -0.39 is 0 Å². The van der Waals surface area contributed by atoms with Crippen LogP contribution in [-0.2, 0) is 0 Å². The van der Waals surface area contributed by atoms with Crippen molar-refractivity contribution in [3.63, 3.8) is 0 Å². The lowest BCUT2D eigenvalue weighted by atomic mass is 9.78. The van der Waals surface area contributed by atoms with Crippen molar-refractivity contribution in [2.24, 2.45) is 22.1 Å². The quantitative estimate of drug-likeness (QED) is 0.558. The highest BCUT2D eigenvalue weighted by Crippen LogP contribution is 2.39. The molecule has 0 radical (unpaired) electrons. The van der Waals surface area contributed by atoms with Gasteiger partial charge in [-0.05, 0) is 30.6 Å². The summed E-state index contributed by atoms with van der Waals surface area (Å²) in [4.78, 5) is 4.46. The van der Waals surface area contributed by atoms with E-state index >= 15 is 0 Å². The van der Waals surface area contributed by atoms with E-state index in [1.54, 1.807) is 0 Å². The highest BCUT2D eigenvalue weighted by atomic mass is 15.1. The first-order valence-electron chi connectivity index (χ1n) is 6.60. The molecule has 0 saturated heterocycles. The summed E-state index contributed by atoms with van der Waals surface area (Å²) < 4.78 is 0. The van der Waals surface area contributed by atoms with Crippen molar-refractivity contribution in [1.29, 1.82) is 0 Å². The zero-order valence-electron chi connectivity index (χ0n) is 11.1. The van der Waals surface area contributed by atoms with Crippen molar-refractivity contribution in [2.75, 3.05) is 13.1 Å². The fourth-order valence-corrected chi connectivity index (χ4v) is 2.43. The molecule has 0 bridgehead atoms. The molecule has 0 aromatic heterocycles. The van der Waals surface area contributed by atoms with Crippen LogP contribution in [0.3, 0.4) is 0 Å². The molecule has 3 nitrogen and oxygen atoms in total. The lowest BCUT2D eigenvalue weighted by Gasteiger charge is -2.29. The summed E-state index contributed by atoms with van der Waals surface area (Å²) in [7, 11) is 0. The Bertz CT molecular complexity index is 227. The van der Waals surface area contributed by atoms with Crippen molar-refractivity contribution < 1.29 is 0 Å². The average molecular weight is 225 g/mol. The van der Waals surface area contributed by atoms with Crippen LogP contribution in [-0.4, -0.2) is 19.0 Å². The van der Waals surface area contributed by atoms with Crippen LogP contribution in [0.15, 0.2) is 4.99 Å². The normalized spacial score (nSPS) is 19.1. The molecule has 0 unspecified atom stereocenters. The molecule has 16 heavy (non-hydrogen) atoms. The molecule has 0 spiro atoms. The molecule has 1 saturated carbocycles. The molecule has 0 heterocycles. The summed E-state index contributed by atoms with van der Waals surface area (Å²) in [5.74, 6) is 1.43. The molecular formula is C13H27N3. The molecule has 3 heteroatoms. The summed E-state index contributed by atoms with van der Waals surface area (Å²) in [5, 5.41) is 3.12. The first-order chi connectivity index (χ1) is 7.56. The molecule has 0 aromatic rings. The van der Waals surface area contributed by atoms with Crippen molar-refractivity contribution in [3.8, 4) is 0 Å². The van der Waals surface area contributed by atoms with E-state index in [0.29, 0.717) is 11.4 Å². The molecular weight excluding hydrogens is 198 g/mol. The maximum Gasteiger partial charge on any atom is 0.188 e. The van der Waals surface area contributed by atoms with Gasteiger partial charge in [0, 0.05) is 13.1 Å². The van der Waals surface area contributed by atoms with Crippen molar-refractivity contribution >= 4 is 5.96 Å². The van der Waals surface area contributed by atoms with Crippen LogP contribution >= 0.6 is 0 Å². The molecule has 0 aromatic carbocycles. The minimum Gasteiger partial charge on any atom is -0.370 e. The van der Waals surface area contributed by atoms with E-state index in [0.717, 1.165) is 25.4 Å². The summed E-state index contributed by atoms with van der Waals surface area (Å²) in [6.07, 6.45) is 6.60. The van der Waals surface area contributed by atoms with Gasteiger partial charge < -0.3 is 11.1 Å². The van der Waals surface area contributed by atoms with Gasteiger partial charge in [-0.1, -0.05) is 33.6 Å². The fraction of sp³-hybridized carbons (Fsp3) is 0.923. The van der Waals surface area contributed by atoms with Gasteiger partial charge in [0.2, 0.25) is 0 Å². The number of hydrogen-bond donors (Lipinski definition) is 2. The van der Waals surface area contributed by atoms with Crippen LogP contribution in [0, 0.1) is 11.3 Å². The Balaban J connectivity index is 2.39. The van der Waals surface area contributed by atoms with Gasteiger partial charge in [0.1, 0.15) is 0 Å². The monoisotopic (exact) mass is 225 g/mol. The standard InChI is InChI=1S/C13H27N3/c1-4-9-15-12(14)16-10-13(2,3)11-7-5-6-8-11/h11H,4-10H2,1-3H3,(H3,14,15,16). The van der Waals surface area contributed by atoms with Crippen molar-refractivity contribution in [3.05, 3.63) is 0 Å². The SMILES string of the molecule is CCCNC(N)=NCC(C)(C)C1CCCC1. The lowest BCUT2D eigenvalue weighted by Crippen LogP contribution is -2.34. The second-order valence-corrected chi connectivity index (χ2v) is 5.60. The van der Waals surface area contributed by atoms with Gasteiger partial charge in [-0.15, -0.1) is 0 Å². The predicted molar refractivity (Wildman–Crippen MR) is 70.5 cm³/mol. The topological polar surface area (TPSA) is 50.4 Å². The third-order valence-corrected chi connectivity index (χ3v) is 3.67. The molecule has 1 aliphatic carbocycles. The smallest absolute Gasteiger partial charge is 0.188 e. The Kier molecular flexibility index (Phi) is 5.10. The number of aliphatic imine (C=N–C) groups is 1. The van der Waals surface area contributed by atoms with Gasteiger partial charge in [-0.2, -0.15) is 0 Å². The predicted octanol–water partition coefficient (Wildman–Crippen LogP) is 2.52. The van der Waals surface area contributed by atoms with Gasteiger partial charge in [0.25, 0.3) is 0 Å². The highest BCUT2D eigenvalue weighted by molar-refractivity contribution is 5.77. The van der Waals surface area contributed by atoms with Crippen LogP contribution in [0.2, 0.25) is 0 Å². The van der Waals surface area contributed by atoms with E-state index in [1.165, 1.54) is 25.7 Å². The van der Waals surface area contributed by atoms with Gasteiger partial charge in [-0.3, -0.25) is 4.99 Å². The lowest BCUT2D eigenvalue weighted by molar-refractivity contribution is 0.228. The molecule has 1 rings (SSSR count). The zero-order valence-corrected chi connectivity index (χ0v) is 11.1. The van der Waals surface area contributed by atoms with E-state index in [4.69, 9.17) is 5.73 Å². The third kappa shape index (κ3) is 4.03. The minimum atomic E-state index is 0.301. The van der Waals surface area contributed by atoms with Gasteiger partial charge in [0.05, 0.1) is 0 Å². The fourth-order valence-electron chi connectivity index (χ4n) is 2.43. The van der Waals surface area contributed by atoms with Crippen LogP contribution in [0.25, 0.3) is 0 Å². The number of nitrogens with one attached hydrogen (secondary N) is 1. The molecule has 94 valence electrons. The van der Waals surface area contributed by atoms with Crippen molar-refractivity contribution in [1.82, 2.24) is 5.32 Å². The molecule has 0 atom stereocenters. The Morgan fingerprint density at radius 1 is 1.38 bits per heavy atom. The highest BCUT2D eigenvalue weighted by Gasteiger charge is 2.31. The molecule has 3 N–H and O–H groups in total. The van der Waals surface area contributed by atoms with Crippen LogP contribution in [0.4, 0.5) is 0 Å². The molecule has 0 aliphatic heterocycles. The van der Waals surface area contributed by atoms with E-state index in [1.807, 2.05) is 0 Å². The zero-order chi connectivity index (χ0) is 12.0. The largest absolute Gasteiger partial charge is 0.370 e. The summed E-state index contributed by atoms with van der Waals surface area (Å²) in [6, 6.07) is 0. The maximum absolute atomic E-state index is 5.80. The Labute approximate surface area is 99.9 Å². The average Bonchev–Trinajstić information content (AvgIpc) is 2.77. The van der Waals surface area contributed by atoms with E-state index in [2.05, 4.69) is 31.1 Å². The van der Waals surface area contributed by atoms with Crippen LogP contribution < -0.4 is 11.1 Å². The number of nitrogens with two attached hydrogens (primary N) is 1. The summed E-state index contributed by atoms with van der Waals surface area (Å²) >= 11 is 0. The Hall–Kier alpha value is -0.730. The van der Waals surface area contributed by atoms with Crippen LogP contribution in [0.5, 0.6) is 0 Å². The van der Waals surface area contributed by atoms with Gasteiger partial charge in [0.15, 0.2) is 5.96 Å². The van der Waals surface area contributed by atoms with Crippen LogP contribution in [0.1, 0.15) is 52.9 Å². The molecule has 1 aliphatic rings. The molecule has 1 fully saturated rings. The van der Waals surface area contributed by atoms with Gasteiger partial charge in [-0.25, -0.2) is 0 Å². The van der Waals surface area contributed by atoms with Crippen molar-refractivity contribution in [2.45, 2.75) is 52.9 Å². The van der Waals surface area contributed by atoms with Gasteiger partial charge >= 0.3 is 0 Å². The summed E-state index contributed by atoms with van der Waals surface area (Å²) in [6.45, 7) is 8.53. The number of guanidine groups is 1. The van der Waals surface area contributed by atoms with E-state index in [-0.39, 0.29) is 0 Å². The molecule has 0 amide bonds. The summed E-state index contributed by atoms with van der Waals surface area (Å²) in [5.41, 5.74) is 6.11. The first-order valence-corrected chi connectivity index (χ1v) is 6.60. The Morgan fingerprint density at radius 2 is 2.00 bits per heavy atom. The number of nitrogens with zero attached hydrogens (tertiary/aromatic N) is 1. The number of rotatable bonds is 5. The van der Waals surface area contributed by atoms with E-state index in [9.17, 15) is 0 Å². The second kappa shape index (κ2) is 6.12. The first kappa shape index (κ1) is 13.3. The Morgan fingerprint density at radius 3 is 2.56 bits per heavy atom.